The zero-order valence-electron chi connectivity index (χ0n) is 9.81. The first-order valence-corrected chi connectivity index (χ1v) is 6.47. The van der Waals surface area contributed by atoms with Crippen LogP contribution in [0.5, 0.6) is 0 Å². The molecule has 0 saturated heterocycles. The molecular formula is C14H9BrN4. The molecule has 0 unspecified atom stereocenters. The number of nitrogens with zero attached hydrogens (tertiary/aromatic N) is 2. The van der Waals surface area contributed by atoms with Crippen LogP contribution in [0.3, 0.4) is 0 Å². The van der Waals surface area contributed by atoms with Gasteiger partial charge >= 0.3 is 0 Å². The monoisotopic (exact) mass is 312 g/mol. The Labute approximate surface area is 118 Å². The second kappa shape index (κ2) is 4.75. The van der Waals surface area contributed by atoms with E-state index in [1.54, 1.807) is 12.1 Å². The third-order valence-corrected chi connectivity index (χ3v) is 3.43. The summed E-state index contributed by atoms with van der Waals surface area (Å²) in [5.74, 6) is 0.650. The maximum absolute atomic E-state index is 8.87. The van der Waals surface area contributed by atoms with Gasteiger partial charge in [-0.3, -0.25) is 0 Å². The number of anilines is 2. The smallest absolute Gasteiger partial charge is 0.205 e. The molecule has 0 aliphatic heterocycles. The molecular weight excluding hydrogens is 304 g/mol. The van der Waals surface area contributed by atoms with Crippen molar-refractivity contribution in [2.24, 2.45) is 0 Å². The minimum absolute atomic E-state index is 0.614. The van der Waals surface area contributed by atoms with Gasteiger partial charge in [0.05, 0.1) is 28.4 Å². The average Bonchev–Trinajstić information content (AvgIpc) is 2.82. The summed E-state index contributed by atoms with van der Waals surface area (Å²) >= 11 is 3.47. The van der Waals surface area contributed by atoms with Crippen molar-refractivity contribution in [3.05, 3.63) is 52.5 Å². The molecule has 92 valence electrons. The van der Waals surface area contributed by atoms with Crippen molar-refractivity contribution in [1.82, 2.24) is 9.97 Å². The van der Waals surface area contributed by atoms with Crippen LogP contribution >= 0.6 is 15.9 Å². The van der Waals surface area contributed by atoms with Crippen molar-refractivity contribution < 1.29 is 0 Å². The third kappa shape index (κ3) is 2.30. The molecule has 5 heteroatoms. The van der Waals surface area contributed by atoms with Gasteiger partial charge in [-0.2, -0.15) is 5.26 Å². The van der Waals surface area contributed by atoms with E-state index in [1.807, 2.05) is 30.3 Å². The van der Waals surface area contributed by atoms with Crippen molar-refractivity contribution in [2.75, 3.05) is 5.32 Å². The summed E-state index contributed by atoms with van der Waals surface area (Å²) < 4.78 is 0.966. The fourth-order valence-electron chi connectivity index (χ4n) is 1.83. The summed E-state index contributed by atoms with van der Waals surface area (Å²) in [4.78, 5) is 7.58. The Morgan fingerprint density at radius 3 is 2.84 bits per heavy atom. The van der Waals surface area contributed by atoms with Crippen molar-refractivity contribution >= 4 is 38.6 Å². The van der Waals surface area contributed by atoms with Gasteiger partial charge in [0.15, 0.2) is 0 Å². The Hall–Kier alpha value is -2.32. The van der Waals surface area contributed by atoms with Crippen LogP contribution in [-0.2, 0) is 0 Å². The zero-order valence-corrected chi connectivity index (χ0v) is 11.4. The number of imidazole rings is 1. The van der Waals surface area contributed by atoms with Crippen molar-refractivity contribution in [3.8, 4) is 6.07 Å². The van der Waals surface area contributed by atoms with E-state index in [0.29, 0.717) is 11.5 Å². The first-order chi connectivity index (χ1) is 9.26. The molecule has 3 aromatic rings. The topological polar surface area (TPSA) is 64.5 Å². The molecule has 0 spiro atoms. The summed E-state index contributed by atoms with van der Waals surface area (Å²) in [6.07, 6.45) is 0. The molecule has 0 saturated carbocycles. The van der Waals surface area contributed by atoms with E-state index >= 15 is 0 Å². The molecule has 1 aromatic heterocycles. The van der Waals surface area contributed by atoms with Gasteiger partial charge in [-0.1, -0.05) is 12.1 Å². The number of rotatable bonds is 2. The number of hydrogen-bond donors (Lipinski definition) is 2. The molecule has 0 aliphatic carbocycles. The van der Waals surface area contributed by atoms with E-state index in [9.17, 15) is 0 Å². The third-order valence-electron chi connectivity index (χ3n) is 2.74. The Bertz CT molecular complexity index is 785. The Morgan fingerprint density at radius 2 is 2.05 bits per heavy atom. The van der Waals surface area contributed by atoms with Crippen LogP contribution in [0.15, 0.2) is 46.9 Å². The molecule has 1 heterocycles. The SMILES string of the molecule is N#Cc1ccc2nc(Nc3ccccc3Br)[nH]c2c1. The molecule has 2 N–H and O–H groups in total. The number of para-hydroxylation sites is 1. The van der Waals surface area contributed by atoms with Crippen LogP contribution in [0.2, 0.25) is 0 Å². The molecule has 3 rings (SSSR count). The predicted octanol–water partition coefficient (Wildman–Crippen LogP) is 3.94. The maximum atomic E-state index is 8.87. The molecule has 0 radical (unpaired) electrons. The number of hydrogen-bond acceptors (Lipinski definition) is 3. The fraction of sp³-hybridized carbons (Fsp3) is 0. The van der Waals surface area contributed by atoms with Gasteiger partial charge in [-0.05, 0) is 46.3 Å². The van der Waals surface area contributed by atoms with Gasteiger partial charge in [0.1, 0.15) is 0 Å². The molecule has 19 heavy (non-hydrogen) atoms. The van der Waals surface area contributed by atoms with Crippen molar-refractivity contribution in [1.29, 1.82) is 5.26 Å². The molecule has 0 amide bonds. The standard InChI is InChI=1S/C14H9BrN4/c15-10-3-1-2-4-11(10)17-14-18-12-6-5-9(8-16)7-13(12)19-14/h1-7H,(H2,17,18,19). The number of benzene rings is 2. The van der Waals surface area contributed by atoms with Gasteiger partial charge < -0.3 is 10.3 Å². The van der Waals surface area contributed by atoms with E-state index in [0.717, 1.165) is 21.2 Å². The number of H-pyrrole nitrogens is 1. The number of fused-ring (bicyclic) bond motifs is 1. The van der Waals surface area contributed by atoms with Crippen LogP contribution in [0.25, 0.3) is 11.0 Å². The summed E-state index contributed by atoms with van der Waals surface area (Å²) in [6.45, 7) is 0. The predicted molar refractivity (Wildman–Crippen MR) is 78.2 cm³/mol. The number of nitriles is 1. The summed E-state index contributed by atoms with van der Waals surface area (Å²) in [7, 11) is 0. The number of nitrogens with one attached hydrogen (secondary N) is 2. The second-order valence-electron chi connectivity index (χ2n) is 4.03. The number of aromatic nitrogens is 2. The highest BCUT2D eigenvalue weighted by Crippen LogP contribution is 2.25. The van der Waals surface area contributed by atoms with Crippen LogP contribution in [0.4, 0.5) is 11.6 Å². The van der Waals surface area contributed by atoms with Crippen LogP contribution in [-0.4, -0.2) is 9.97 Å². The number of halogens is 1. The lowest BCUT2D eigenvalue weighted by Gasteiger charge is -2.04. The summed E-state index contributed by atoms with van der Waals surface area (Å²) in [6, 6.07) is 15.3. The van der Waals surface area contributed by atoms with E-state index in [1.165, 1.54) is 0 Å². The highest BCUT2D eigenvalue weighted by atomic mass is 79.9. The van der Waals surface area contributed by atoms with Crippen molar-refractivity contribution in [2.45, 2.75) is 0 Å². The molecule has 0 fully saturated rings. The Morgan fingerprint density at radius 1 is 1.21 bits per heavy atom. The highest BCUT2D eigenvalue weighted by molar-refractivity contribution is 9.10. The highest BCUT2D eigenvalue weighted by Gasteiger charge is 2.05. The summed E-state index contributed by atoms with van der Waals surface area (Å²) in [5.41, 5.74) is 3.22. The van der Waals surface area contributed by atoms with Gasteiger partial charge in [0.25, 0.3) is 0 Å². The second-order valence-corrected chi connectivity index (χ2v) is 4.89. The zero-order chi connectivity index (χ0) is 13.2. The van der Waals surface area contributed by atoms with E-state index in [-0.39, 0.29) is 0 Å². The quantitative estimate of drug-likeness (QED) is 0.753. The minimum Gasteiger partial charge on any atom is -0.325 e. The normalized spacial score (nSPS) is 10.3. The van der Waals surface area contributed by atoms with Gasteiger partial charge in [-0.15, -0.1) is 0 Å². The summed E-state index contributed by atoms with van der Waals surface area (Å²) in [5, 5.41) is 12.1. The van der Waals surface area contributed by atoms with Gasteiger partial charge in [-0.25, -0.2) is 4.98 Å². The largest absolute Gasteiger partial charge is 0.325 e. The first-order valence-electron chi connectivity index (χ1n) is 5.68. The lowest BCUT2D eigenvalue weighted by Crippen LogP contribution is -1.92. The maximum Gasteiger partial charge on any atom is 0.205 e. The lowest BCUT2D eigenvalue weighted by molar-refractivity contribution is 1.31. The first kappa shape index (κ1) is 11.8. The fourth-order valence-corrected chi connectivity index (χ4v) is 2.21. The van der Waals surface area contributed by atoms with Crippen molar-refractivity contribution in [3.63, 3.8) is 0 Å². The van der Waals surface area contributed by atoms with Gasteiger partial charge in [0, 0.05) is 4.47 Å². The van der Waals surface area contributed by atoms with E-state index in [2.05, 4.69) is 37.3 Å². The molecule has 0 aliphatic rings. The molecule has 0 bridgehead atoms. The van der Waals surface area contributed by atoms with E-state index in [4.69, 9.17) is 5.26 Å². The Kier molecular flexibility index (Phi) is 2.94. The van der Waals surface area contributed by atoms with Crippen LogP contribution in [0.1, 0.15) is 5.56 Å². The lowest BCUT2D eigenvalue weighted by atomic mass is 10.2. The van der Waals surface area contributed by atoms with Crippen LogP contribution in [0, 0.1) is 11.3 Å². The number of aromatic amines is 1. The minimum atomic E-state index is 0.614. The molecule has 2 aromatic carbocycles. The van der Waals surface area contributed by atoms with Gasteiger partial charge in [0.2, 0.25) is 5.95 Å². The molecule has 4 nitrogen and oxygen atoms in total. The average molecular weight is 313 g/mol. The van der Waals surface area contributed by atoms with E-state index < -0.39 is 0 Å². The molecule has 0 atom stereocenters. The Balaban J connectivity index is 1.98. The van der Waals surface area contributed by atoms with Crippen LogP contribution < -0.4 is 5.32 Å².